The van der Waals surface area contributed by atoms with Crippen LogP contribution < -0.4 is 11.5 Å². The molecule has 0 fully saturated rings. The van der Waals surface area contributed by atoms with Crippen LogP contribution in [0.5, 0.6) is 0 Å². The Kier molecular flexibility index (Phi) is 2.40. The Labute approximate surface area is 97.3 Å². The van der Waals surface area contributed by atoms with Crippen LogP contribution in [0, 0.1) is 22.7 Å². The maximum atomic E-state index is 8.84. The molecule has 0 aliphatic rings. The molecular formula is C11H8N6. The average molecular weight is 224 g/mol. The van der Waals surface area contributed by atoms with Gasteiger partial charge < -0.3 is 11.5 Å². The molecule has 6 nitrogen and oxygen atoms in total. The molecule has 0 aliphatic heterocycles. The number of aromatic nitrogens is 2. The number of nitrogens with zero attached hydrogens (tertiary/aromatic N) is 4. The van der Waals surface area contributed by atoms with Gasteiger partial charge in [0.1, 0.15) is 17.5 Å². The van der Waals surface area contributed by atoms with E-state index < -0.39 is 0 Å². The van der Waals surface area contributed by atoms with Crippen molar-refractivity contribution in [3.8, 4) is 17.8 Å². The number of anilines is 2. The van der Waals surface area contributed by atoms with E-state index in [1.54, 1.807) is 24.3 Å². The van der Waals surface area contributed by atoms with Crippen molar-refractivity contribution in [2.75, 3.05) is 11.5 Å². The van der Waals surface area contributed by atoms with Gasteiger partial charge in [0.05, 0.1) is 17.3 Å². The fourth-order valence-electron chi connectivity index (χ4n) is 1.44. The van der Waals surface area contributed by atoms with Gasteiger partial charge in [-0.15, -0.1) is 5.10 Å². The zero-order valence-electron chi connectivity index (χ0n) is 8.75. The Morgan fingerprint density at radius 2 is 1.71 bits per heavy atom. The summed E-state index contributed by atoms with van der Waals surface area (Å²) in [5.41, 5.74) is 12.7. The Balaban J connectivity index is 2.55. The van der Waals surface area contributed by atoms with Crippen molar-refractivity contribution in [3.63, 3.8) is 0 Å². The molecule has 17 heavy (non-hydrogen) atoms. The maximum Gasteiger partial charge on any atom is 0.166 e. The summed E-state index contributed by atoms with van der Waals surface area (Å²) in [4.78, 5) is 0. The van der Waals surface area contributed by atoms with Crippen LogP contribution in [0.2, 0.25) is 0 Å². The molecule has 82 valence electrons. The predicted molar refractivity (Wildman–Crippen MR) is 61.8 cm³/mol. The Morgan fingerprint density at radius 3 is 2.18 bits per heavy atom. The number of nitrogen functional groups attached to an aromatic ring is 2. The number of benzene rings is 1. The van der Waals surface area contributed by atoms with Gasteiger partial charge in [-0.3, -0.25) is 0 Å². The topological polar surface area (TPSA) is 117 Å². The standard InChI is InChI=1S/C11H8N6/c12-5-7-1-3-8(4-2-7)17-11(15)9(6-13)10(14)16-17/h1-4H,15H2,(H2,14,16). The van der Waals surface area contributed by atoms with Crippen molar-refractivity contribution in [1.29, 1.82) is 10.5 Å². The van der Waals surface area contributed by atoms with Crippen LogP contribution in [0.3, 0.4) is 0 Å². The molecule has 0 bridgehead atoms. The summed E-state index contributed by atoms with van der Waals surface area (Å²) in [6, 6.07) is 10.5. The number of hydrogen-bond donors (Lipinski definition) is 2. The molecule has 0 unspecified atom stereocenters. The molecule has 1 heterocycles. The van der Waals surface area contributed by atoms with Crippen LogP contribution in [-0.2, 0) is 0 Å². The molecule has 1 aromatic heterocycles. The molecule has 2 rings (SSSR count). The lowest BCUT2D eigenvalue weighted by atomic mass is 10.2. The van der Waals surface area contributed by atoms with E-state index in [4.69, 9.17) is 22.0 Å². The summed E-state index contributed by atoms with van der Waals surface area (Å²) in [6.45, 7) is 0. The minimum atomic E-state index is 0.0920. The van der Waals surface area contributed by atoms with E-state index in [0.29, 0.717) is 11.3 Å². The monoisotopic (exact) mass is 224 g/mol. The molecule has 2 aromatic rings. The Bertz CT molecular complexity index is 638. The van der Waals surface area contributed by atoms with Crippen LogP contribution in [0.25, 0.3) is 5.69 Å². The molecule has 0 aliphatic carbocycles. The summed E-state index contributed by atoms with van der Waals surface area (Å²) in [5.74, 6) is 0.282. The summed E-state index contributed by atoms with van der Waals surface area (Å²) < 4.78 is 1.37. The maximum absolute atomic E-state index is 8.84. The second-order valence-corrected chi connectivity index (χ2v) is 3.33. The van der Waals surface area contributed by atoms with Crippen LogP contribution in [0.1, 0.15) is 11.1 Å². The van der Waals surface area contributed by atoms with E-state index in [1.165, 1.54) is 4.68 Å². The van der Waals surface area contributed by atoms with Gasteiger partial charge in [0.25, 0.3) is 0 Å². The third-order valence-corrected chi connectivity index (χ3v) is 2.30. The lowest BCUT2D eigenvalue weighted by Gasteiger charge is -2.02. The van der Waals surface area contributed by atoms with E-state index in [9.17, 15) is 0 Å². The Morgan fingerprint density at radius 1 is 1.06 bits per heavy atom. The van der Waals surface area contributed by atoms with Crippen molar-refractivity contribution in [3.05, 3.63) is 35.4 Å². The number of nitriles is 2. The number of rotatable bonds is 1. The number of nitrogens with two attached hydrogens (primary N) is 2. The second-order valence-electron chi connectivity index (χ2n) is 3.33. The summed E-state index contributed by atoms with van der Waals surface area (Å²) in [7, 11) is 0. The van der Waals surface area contributed by atoms with Crippen LogP contribution in [-0.4, -0.2) is 9.78 Å². The first-order chi connectivity index (χ1) is 8.17. The van der Waals surface area contributed by atoms with Gasteiger partial charge in [-0.2, -0.15) is 10.5 Å². The summed E-state index contributed by atoms with van der Waals surface area (Å²) >= 11 is 0. The lowest BCUT2D eigenvalue weighted by molar-refractivity contribution is 0.896. The van der Waals surface area contributed by atoms with Gasteiger partial charge in [-0.1, -0.05) is 0 Å². The third-order valence-electron chi connectivity index (χ3n) is 2.30. The van der Waals surface area contributed by atoms with Gasteiger partial charge in [0.2, 0.25) is 0 Å². The average Bonchev–Trinajstić information content (AvgIpc) is 2.64. The van der Waals surface area contributed by atoms with E-state index >= 15 is 0 Å². The predicted octanol–water partition coefficient (Wildman–Crippen LogP) is 0.780. The van der Waals surface area contributed by atoms with E-state index in [1.807, 2.05) is 12.1 Å². The van der Waals surface area contributed by atoms with E-state index in [0.717, 1.165) is 0 Å². The zero-order valence-corrected chi connectivity index (χ0v) is 8.75. The molecule has 0 saturated carbocycles. The van der Waals surface area contributed by atoms with Gasteiger partial charge in [0, 0.05) is 0 Å². The van der Waals surface area contributed by atoms with Gasteiger partial charge in [-0.25, -0.2) is 4.68 Å². The highest BCUT2D eigenvalue weighted by atomic mass is 15.3. The molecule has 0 saturated heterocycles. The van der Waals surface area contributed by atoms with Crippen molar-refractivity contribution in [2.24, 2.45) is 0 Å². The second kappa shape index (κ2) is 3.87. The first kappa shape index (κ1) is 10.5. The smallest absolute Gasteiger partial charge is 0.166 e. The minimum absolute atomic E-state index is 0.0920. The van der Waals surface area contributed by atoms with Crippen LogP contribution in [0.15, 0.2) is 24.3 Å². The fourth-order valence-corrected chi connectivity index (χ4v) is 1.44. The van der Waals surface area contributed by atoms with Crippen LogP contribution in [0.4, 0.5) is 11.6 Å². The van der Waals surface area contributed by atoms with E-state index in [-0.39, 0.29) is 17.2 Å². The van der Waals surface area contributed by atoms with Gasteiger partial charge in [0.15, 0.2) is 5.82 Å². The van der Waals surface area contributed by atoms with Crippen molar-refractivity contribution in [2.45, 2.75) is 0 Å². The third kappa shape index (κ3) is 1.64. The van der Waals surface area contributed by atoms with Crippen molar-refractivity contribution < 1.29 is 0 Å². The molecule has 4 N–H and O–H groups in total. The van der Waals surface area contributed by atoms with Crippen molar-refractivity contribution >= 4 is 11.6 Å². The summed E-state index contributed by atoms with van der Waals surface area (Å²) in [6.07, 6.45) is 0. The largest absolute Gasteiger partial charge is 0.382 e. The molecule has 0 amide bonds. The molecular weight excluding hydrogens is 216 g/mol. The molecule has 0 radical (unpaired) electrons. The highest BCUT2D eigenvalue weighted by Gasteiger charge is 2.13. The minimum Gasteiger partial charge on any atom is -0.382 e. The first-order valence-electron chi connectivity index (χ1n) is 4.72. The SMILES string of the molecule is N#Cc1ccc(-n2nc(N)c(C#N)c2N)cc1. The molecule has 0 atom stereocenters. The van der Waals surface area contributed by atoms with Crippen LogP contribution >= 0.6 is 0 Å². The zero-order chi connectivity index (χ0) is 12.4. The quantitative estimate of drug-likeness (QED) is 0.742. The molecule has 1 aromatic carbocycles. The molecule has 6 heteroatoms. The normalized spacial score (nSPS) is 9.53. The number of hydrogen-bond acceptors (Lipinski definition) is 5. The highest BCUT2D eigenvalue weighted by molar-refractivity contribution is 5.64. The fraction of sp³-hybridized carbons (Fsp3) is 0. The molecule has 0 spiro atoms. The lowest BCUT2D eigenvalue weighted by Crippen LogP contribution is -2.02. The van der Waals surface area contributed by atoms with E-state index in [2.05, 4.69) is 5.10 Å². The Hall–Kier alpha value is -2.99. The van der Waals surface area contributed by atoms with Crippen molar-refractivity contribution in [1.82, 2.24) is 9.78 Å². The van der Waals surface area contributed by atoms with Gasteiger partial charge in [-0.05, 0) is 24.3 Å². The van der Waals surface area contributed by atoms with Gasteiger partial charge >= 0.3 is 0 Å². The highest BCUT2D eigenvalue weighted by Crippen LogP contribution is 2.21. The first-order valence-corrected chi connectivity index (χ1v) is 4.72. The summed E-state index contributed by atoms with van der Waals surface area (Å²) in [5, 5.41) is 21.5.